The fourth-order valence-electron chi connectivity index (χ4n) is 0.652. The number of carbonyl (C=O) groups is 1. The quantitative estimate of drug-likeness (QED) is 0.609. The van der Waals surface area contributed by atoms with Gasteiger partial charge in [0.05, 0.1) is 5.56 Å². The van der Waals surface area contributed by atoms with E-state index in [1.165, 1.54) is 0 Å². The molecular weight excluding hydrogens is 200 g/mol. The highest BCUT2D eigenvalue weighted by atomic mass is 16.4. The minimum Gasteiger partial charge on any atom is -0.494 e. The summed E-state index contributed by atoms with van der Waals surface area (Å²) in [5.41, 5.74) is -0.867. The van der Waals surface area contributed by atoms with Crippen LogP contribution in [0.25, 0.3) is 0 Å². The molecule has 1 heterocycles. The number of aromatic amines is 1. The molecule has 0 aromatic carbocycles. The van der Waals surface area contributed by atoms with Gasteiger partial charge in [-0.1, -0.05) is 0 Å². The van der Waals surface area contributed by atoms with Gasteiger partial charge in [-0.15, -0.1) is 0 Å². The standard InChI is InChI=1S/C6H5NO4.C3H9N/c8-4-1-3(6(10)11)2-5(9)7-4;1-4(2)3/h1-2H,(H,10,11)(H2,7,8,9);1-3H3. The summed E-state index contributed by atoms with van der Waals surface area (Å²) in [5.74, 6) is -1.69. The minimum absolute atomic E-state index is 0.230. The van der Waals surface area contributed by atoms with Gasteiger partial charge >= 0.3 is 5.97 Å². The van der Waals surface area contributed by atoms with Gasteiger partial charge in [0.25, 0.3) is 5.56 Å². The highest BCUT2D eigenvalue weighted by Gasteiger charge is 2.04. The van der Waals surface area contributed by atoms with Crippen molar-refractivity contribution in [1.82, 2.24) is 9.88 Å². The number of aromatic nitrogens is 1. The number of rotatable bonds is 1. The molecular formula is C9H14N2O4. The van der Waals surface area contributed by atoms with Crippen molar-refractivity contribution in [2.75, 3.05) is 21.1 Å². The molecule has 0 amide bonds. The molecule has 15 heavy (non-hydrogen) atoms. The van der Waals surface area contributed by atoms with E-state index in [4.69, 9.17) is 10.2 Å². The highest BCUT2D eigenvalue weighted by molar-refractivity contribution is 5.87. The first-order valence-corrected chi connectivity index (χ1v) is 4.10. The SMILES string of the molecule is CN(C)C.O=C(O)c1cc(O)[nH]c(=O)c1. The molecule has 1 aromatic heterocycles. The summed E-state index contributed by atoms with van der Waals surface area (Å²) >= 11 is 0. The van der Waals surface area contributed by atoms with Crippen molar-refractivity contribution in [1.29, 1.82) is 0 Å². The van der Waals surface area contributed by atoms with Crippen LogP contribution < -0.4 is 5.56 Å². The molecule has 0 spiro atoms. The lowest BCUT2D eigenvalue weighted by atomic mass is 10.3. The molecule has 0 atom stereocenters. The van der Waals surface area contributed by atoms with Gasteiger partial charge in [-0.3, -0.25) is 9.78 Å². The number of hydrogen-bond donors (Lipinski definition) is 3. The lowest BCUT2D eigenvalue weighted by molar-refractivity contribution is 0.0696. The molecule has 3 N–H and O–H groups in total. The van der Waals surface area contributed by atoms with Crippen molar-refractivity contribution in [2.24, 2.45) is 0 Å². The van der Waals surface area contributed by atoms with Gasteiger partial charge in [0.15, 0.2) is 5.88 Å². The maximum atomic E-state index is 10.5. The van der Waals surface area contributed by atoms with E-state index in [1.54, 1.807) is 0 Å². The predicted molar refractivity (Wildman–Crippen MR) is 55.3 cm³/mol. The Morgan fingerprint density at radius 3 is 2.13 bits per heavy atom. The molecule has 0 saturated carbocycles. The summed E-state index contributed by atoms with van der Waals surface area (Å²) in [6.07, 6.45) is 0. The third-order valence-electron chi connectivity index (χ3n) is 1.08. The van der Waals surface area contributed by atoms with E-state index in [0.717, 1.165) is 12.1 Å². The van der Waals surface area contributed by atoms with E-state index in [-0.39, 0.29) is 5.56 Å². The fourth-order valence-corrected chi connectivity index (χ4v) is 0.652. The fraction of sp³-hybridized carbons (Fsp3) is 0.333. The van der Waals surface area contributed by atoms with E-state index >= 15 is 0 Å². The Kier molecular flexibility index (Phi) is 5.11. The summed E-state index contributed by atoms with van der Waals surface area (Å²) in [6.45, 7) is 0. The van der Waals surface area contributed by atoms with Crippen molar-refractivity contribution in [3.05, 3.63) is 28.0 Å². The van der Waals surface area contributed by atoms with E-state index in [9.17, 15) is 9.59 Å². The van der Waals surface area contributed by atoms with Crippen molar-refractivity contribution < 1.29 is 15.0 Å². The normalized spacial score (nSPS) is 9.33. The summed E-state index contributed by atoms with van der Waals surface area (Å²) < 4.78 is 0. The zero-order chi connectivity index (χ0) is 12.0. The molecule has 1 aromatic rings. The maximum absolute atomic E-state index is 10.5. The summed E-state index contributed by atoms with van der Waals surface area (Å²) in [6, 6.07) is 1.85. The second-order valence-corrected chi connectivity index (χ2v) is 3.27. The number of aromatic carboxylic acids is 1. The van der Waals surface area contributed by atoms with E-state index < -0.39 is 17.4 Å². The van der Waals surface area contributed by atoms with Gasteiger partial charge < -0.3 is 15.1 Å². The van der Waals surface area contributed by atoms with Gasteiger partial charge in [0, 0.05) is 12.1 Å². The summed E-state index contributed by atoms with van der Waals surface area (Å²) in [4.78, 5) is 24.8. The zero-order valence-electron chi connectivity index (χ0n) is 8.81. The van der Waals surface area contributed by atoms with Crippen molar-refractivity contribution in [3.8, 4) is 5.88 Å². The Hall–Kier alpha value is -1.82. The number of nitrogens with zero attached hydrogens (tertiary/aromatic N) is 1. The second kappa shape index (κ2) is 5.82. The Balaban J connectivity index is 0.000000423. The molecule has 0 bridgehead atoms. The number of pyridine rings is 1. The van der Waals surface area contributed by atoms with Crippen molar-refractivity contribution >= 4 is 5.97 Å². The third kappa shape index (κ3) is 6.28. The molecule has 0 saturated heterocycles. The first-order valence-electron chi connectivity index (χ1n) is 4.10. The lowest BCUT2D eigenvalue weighted by Gasteiger charge is -1.93. The Morgan fingerprint density at radius 2 is 1.80 bits per heavy atom. The van der Waals surface area contributed by atoms with Gasteiger partial charge in [0.2, 0.25) is 0 Å². The lowest BCUT2D eigenvalue weighted by Crippen LogP contribution is -2.08. The van der Waals surface area contributed by atoms with Gasteiger partial charge in [0.1, 0.15) is 0 Å². The van der Waals surface area contributed by atoms with Crippen LogP contribution in [0.2, 0.25) is 0 Å². The first-order chi connectivity index (χ1) is 6.82. The van der Waals surface area contributed by atoms with Crippen LogP contribution in [0.15, 0.2) is 16.9 Å². The van der Waals surface area contributed by atoms with Crippen LogP contribution in [0.5, 0.6) is 5.88 Å². The molecule has 6 heteroatoms. The summed E-state index contributed by atoms with van der Waals surface area (Å²) in [5, 5.41) is 17.1. The Labute approximate surface area is 86.8 Å². The molecule has 0 fully saturated rings. The number of nitrogens with one attached hydrogen (secondary N) is 1. The number of carboxylic acids is 1. The maximum Gasteiger partial charge on any atom is 0.336 e. The van der Waals surface area contributed by atoms with Crippen molar-refractivity contribution in [2.45, 2.75) is 0 Å². The van der Waals surface area contributed by atoms with E-state index in [2.05, 4.69) is 0 Å². The number of hydrogen-bond acceptors (Lipinski definition) is 4. The van der Waals surface area contributed by atoms with Crippen LogP contribution in [0.4, 0.5) is 0 Å². The van der Waals surface area contributed by atoms with E-state index in [0.29, 0.717) is 0 Å². The zero-order valence-corrected chi connectivity index (χ0v) is 8.81. The molecule has 0 aliphatic heterocycles. The Morgan fingerprint density at radius 1 is 1.33 bits per heavy atom. The molecule has 1 rings (SSSR count). The molecule has 0 aliphatic carbocycles. The van der Waals surface area contributed by atoms with Crippen LogP contribution in [0.1, 0.15) is 10.4 Å². The van der Waals surface area contributed by atoms with Crippen LogP contribution in [0, 0.1) is 0 Å². The second-order valence-electron chi connectivity index (χ2n) is 3.27. The van der Waals surface area contributed by atoms with Gasteiger partial charge in [-0.2, -0.15) is 0 Å². The van der Waals surface area contributed by atoms with Crippen LogP contribution >= 0.6 is 0 Å². The van der Waals surface area contributed by atoms with Crippen LogP contribution in [-0.4, -0.2) is 47.2 Å². The number of carboxylic acid groups (broad SMARTS) is 1. The first kappa shape index (κ1) is 13.2. The smallest absolute Gasteiger partial charge is 0.336 e. The topological polar surface area (TPSA) is 93.6 Å². The van der Waals surface area contributed by atoms with Gasteiger partial charge in [-0.25, -0.2) is 4.79 Å². The summed E-state index contributed by atoms with van der Waals surface area (Å²) in [7, 11) is 6.00. The molecule has 0 radical (unpaired) electrons. The molecule has 0 aliphatic rings. The largest absolute Gasteiger partial charge is 0.494 e. The van der Waals surface area contributed by atoms with Crippen molar-refractivity contribution in [3.63, 3.8) is 0 Å². The predicted octanol–water partition coefficient (Wildman–Crippen LogP) is -0.0435. The van der Waals surface area contributed by atoms with Crippen LogP contribution in [-0.2, 0) is 0 Å². The van der Waals surface area contributed by atoms with Gasteiger partial charge in [-0.05, 0) is 21.1 Å². The average molecular weight is 214 g/mol. The number of aromatic hydroxyl groups is 1. The highest BCUT2D eigenvalue weighted by Crippen LogP contribution is 2.02. The monoisotopic (exact) mass is 214 g/mol. The molecule has 0 unspecified atom stereocenters. The molecule has 84 valence electrons. The number of H-pyrrole nitrogens is 1. The third-order valence-corrected chi connectivity index (χ3v) is 1.08. The molecule has 6 nitrogen and oxygen atoms in total. The Bertz CT molecular complexity index is 381. The minimum atomic E-state index is -1.24. The van der Waals surface area contributed by atoms with Crippen LogP contribution in [0.3, 0.4) is 0 Å². The van der Waals surface area contributed by atoms with E-state index in [1.807, 2.05) is 31.0 Å². The average Bonchev–Trinajstić information content (AvgIpc) is 2.00.